The summed E-state index contributed by atoms with van der Waals surface area (Å²) in [5, 5.41) is 0. The number of amides is 2. The van der Waals surface area contributed by atoms with Gasteiger partial charge in [0.1, 0.15) is 5.78 Å². The molecule has 0 bridgehead atoms. The van der Waals surface area contributed by atoms with Crippen LogP contribution in [0, 0.1) is 11.3 Å². The highest BCUT2D eigenvalue weighted by molar-refractivity contribution is 6.03. The lowest BCUT2D eigenvalue weighted by molar-refractivity contribution is -0.140. The van der Waals surface area contributed by atoms with Crippen molar-refractivity contribution in [2.45, 2.75) is 66.4 Å². The fraction of sp³-hybridized carbons (Fsp3) is 0.824. The Kier molecular flexibility index (Phi) is 6.72. The number of carbonyl (C=O) groups excluding carboxylic acids is 3. The molecule has 1 unspecified atom stereocenters. The van der Waals surface area contributed by atoms with Gasteiger partial charge in [-0.1, -0.05) is 20.8 Å². The average Bonchev–Trinajstić information content (AvgIpc) is 2.65. The minimum absolute atomic E-state index is 0.0897. The van der Waals surface area contributed by atoms with Crippen molar-refractivity contribution < 1.29 is 19.1 Å². The summed E-state index contributed by atoms with van der Waals surface area (Å²) in [5.74, 6) is -0.323. The number of hydrogen-bond donors (Lipinski definition) is 0. The van der Waals surface area contributed by atoms with E-state index in [4.69, 9.17) is 4.74 Å². The van der Waals surface area contributed by atoms with Gasteiger partial charge in [0.15, 0.2) is 0 Å². The minimum Gasteiger partial charge on any atom is -0.378 e. The lowest BCUT2D eigenvalue weighted by Gasteiger charge is -2.24. The van der Waals surface area contributed by atoms with Gasteiger partial charge in [0, 0.05) is 25.8 Å². The maximum Gasteiger partial charge on any atom is 0.233 e. The zero-order valence-corrected chi connectivity index (χ0v) is 14.5. The molecule has 0 aromatic heterocycles. The lowest BCUT2D eigenvalue weighted by Crippen LogP contribution is -2.34. The molecular weight excluding hydrogens is 282 g/mol. The van der Waals surface area contributed by atoms with E-state index >= 15 is 0 Å². The van der Waals surface area contributed by atoms with Crippen LogP contribution in [-0.2, 0) is 19.1 Å². The molecule has 0 aromatic carbocycles. The molecule has 5 nitrogen and oxygen atoms in total. The van der Waals surface area contributed by atoms with Crippen molar-refractivity contribution in [3.63, 3.8) is 0 Å². The van der Waals surface area contributed by atoms with Crippen LogP contribution in [0.5, 0.6) is 0 Å². The van der Waals surface area contributed by atoms with E-state index in [1.807, 2.05) is 34.6 Å². The van der Waals surface area contributed by atoms with Crippen molar-refractivity contribution in [1.82, 2.24) is 4.90 Å². The summed E-state index contributed by atoms with van der Waals surface area (Å²) in [6.45, 7) is 10.6. The van der Waals surface area contributed by atoms with E-state index in [0.717, 1.165) is 0 Å². The number of carbonyl (C=O) groups is 3. The third-order valence-electron chi connectivity index (χ3n) is 3.96. The quantitative estimate of drug-likeness (QED) is 0.646. The Morgan fingerprint density at radius 1 is 1.27 bits per heavy atom. The predicted molar refractivity (Wildman–Crippen MR) is 84.2 cm³/mol. The van der Waals surface area contributed by atoms with E-state index in [9.17, 15) is 14.4 Å². The molecule has 0 spiro atoms. The highest BCUT2D eigenvalue weighted by Gasteiger charge is 2.44. The Balaban J connectivity index is 2.34. The highest BCUT2D eigenvalue weighted by Crippen LogP contribution is 2.35. The third kappa shape index (κ3) is 5.52. The van der Waals surface area contributed by atoms with Crippen LogP contribution in [0.15, 0.2) is 0 Å². The van der Waals surface area contributed by atoms with Crippen molar-refractivity contribution in [3.05, 3.63) is 0 Å². The highest BCUT2D eigenvalue weighted by atomic mass is 16.5. The Labute approximate surface area is 133 Å². The molecule has 126 valence electrons. The van der Waals surface area contributed by atoms with E-state index in [0.29, 0.717) is 38.8 Å². The first-order chi connectivity index (χ1) is 10.1. The van der Waals surface area contributed by atoms with Gasteiger partial charge in [0.25, 0.3) is 0 Å². The predicted octanol–water partition coefficient (Wildman–Crippen LogP) is 2.57. The second-order valence-corrected chi connectivity index (χ2v) is 7.32. The first-order valence-corrected chi connectivity index (χ1v) is 8.10. The number of ketones is 1. The number of rotatable bonds is 8. The first-order valence-electron chi connectivity index (χ1n) is 8.10. The minimum atomic E-state index is -0.241. The number of Topliss-reactive ketones (excluding diaryl/α,β-unsaturated/α-hetero) is 1. The second-order valence-electron chi connectivity index (χ2n) is 7.32. The van der Waals surface area contributed by atoms with Gasteiger partial charge in [0.05, 0.1) is 18.6 Å². The van der Waals surface area contributed by atoms with Gasteiger partial charge in [0.2, 0.25) is 11.8 Å². The Morgan fingerprint density at radius 3 is 2.41 bits per heavy atom. The molecule has 22 heavy (non-hydrogen) atoms. The molecule has 0 saturated carbocycles. The molecule has 2 amide bonds. The number of nitrogens with zero attached hydrogens (tertiary/aromatic N) is 1. The van der Waals surface area contributed by atoms with E-state index in [2.05, 4.69) is 0 Å². The molecule has 5 heteroatoms. The van der Waals surface area contributed by atoms with E-state index in [1.165, 1.54) is 4.90 Å². The summed E-state index contributed by atoms with van der Waals surface area (Å²) in [7, 11) is 0. The molecule has 1 atom stereocenters. The number of hydrogen-bond acceptors (Lipinski definition) is 4. The van der Waals surface area contributed by atoms with Gasteiger partial charge in [-0.3, -0.25) is 19.3 Å². The fourth-order valence-electron chi connectivity index (χ4n) is 2.56. The van der Waals surface area contributed by atoms with Crippen LogP contribution < -0.4 is 0 Å². The molecule has 0 N–H and O–H groups in total. The standard InChI is InChI=1S/C17H29NO4/c1-12(2)22-10-8-13(19)7-6-9-18-15(20)11-14(16(18)21)17(3,4)5/h12,14H,6-11H2,1-5H3. The van der Waals surface area contributed by atoms with Crippen molar-refractivity contribution in [1.29, 1.82) is 0 Å². The van der Waals surface area contributed by atoms with Crippen LogP contribution in [0.4, 0.5) is 0 Å². The second kappa shape index (κ2) is 7.86. The van der Waals surface area contributed by atoms with Gasteiger partial charge < -0.3 is 4.74 Å². The van der Waals surface area contributed by atoms with Crippen molar-refractivity contribution >= 4 is 17.6 Å². The van der Waals surface area contributed by atoms with Crippen molar-refractivity contribution in [3.8, 4) is 0 Å². The van der Waals surface area contributed by atoms with Crippen LogP contribution in [0.25, 0.3) is 0 Å². The van der Waals surface area contributed by atoms with Gasteiger partial charge in [-0.2, -0.15) is 0 Å². The van der Waals surface area contributed by atoms with Crippen molar-refractivity contribution in [2.75, 3.05) is 13.2 Å². The monoisotopic (exact) mass is 311 g/mol. The van der Waals surface area contributed by atoms with Crippen molar-refractivity contribution in [2.24, 2.45) is 11.3 Å². The molecule has 0 aromatic rings. The molecule has 1 rings (SSSR count). The van der Waals surface area contributed by atoms with Crippen LogP contribution in [0.1, 0.15) is 60.3 Å². The summed E-state index contributed by atoms with van der Waals surface area (Å²) in [6, 6.07) is 0. The van der Waals surface area contributed by atoms with Gasteiger partial charge in [-0.15, -0.1) is 0 Å². The average molecular weight is 311 g/mol. The van der Waals surface area contributed by atoms with Crippen LogP contribution in [0.2, 0.25) is 0 Å². The van der Waals surface area contributed by atoms with Crippen LogP contribution in [0.3, 0.4) is 0 Å². The molecule has 1 saturated heterocycles. The van der Waals surface area contributed by atoms with Gasteiger partial charge in [-0.05, 0) is 25.7 Å². The summed E-state index contributed by atoms with van der Waals surface area (Å²) >= 11 is 0. The number of imide groups is 1. The number of ether oxygens (including phenoxy) is 1. The summed E-state index contributed by atoms with van der Waals surface area (Å²) in [6.07, 6.45) is 1.73. The zero-order valence-electron chi connectivity index (χ0n) is 14.5. The molecule has 1 aliphatic heterocycles. The zero-order chi connectivity index (χ0) is 16.9. The third-order valence-corrected chi connectivity index (χ3v) is 3.96. The smallest absolute Gasteiger partial charge is 0.233 e. The molecule has 1 fully saturated rings. The van der Waals surface area contributed by atoms with E-state index in [1.54, 1.807) is 0 Å². The van der Waals surface area contributed by atoms with E-state index in [-0.39, 0.29) is 35.0 Å². The molecule has 0 aliphatic carbocycles. The van der Waals surface area contributed by atoms with Crippen LogP contribution >= 0.6 is 0 Å². The summed E-state index contributed by atoms with van der Waals surface area (Å²) in [4.78, 5) is 37.3. The fourth-order valence-corrected chi connectivity index (χ4v) is 2.56. The lowest BCUT2D eigenvalue weighted by atomic mass is 9.80. The first kappa shape index (κ1) is 18.8. The van der Waals surface area contributed by atoms with Gasteiger partial charge >= 0.3 is 0 Å². The molecule has 1 heterocycles. The molecule has 0 radical (unpaired) electrons. The molecule has 1 aliphatic rings. The maximum atomic E-state index is 12.3. The summed E-state index contributed by atoms with van der Waals surface area (Å²) in [5.41, 5.74) is -0.203. The Morgan fingerprint density at radius 2 is 1.91 bits per heavy atom. The largest absolute Gasteiger partial charge is 0.378 e. The SMILES string of the molecule is CC(C)OCCC(=O)CCCN1C(=O)CC(C(C)(C)C)C1=O. The maximum absolute atomic E-state index is 12.3. The molecular formula is C17H29NO4. The normalized spacial score (nSPS) is 19.4. The topological polar surface area (TPSA) is 63.7 Å². The van der Waals surface area contributed by atoms with E-state index < -0.39 is 0 Å². The Hall–Kier alpha value is -1.23. The summed E-state index contributed by atoms with van der Waals surface area (Å²) < 4.78 is 5.34. The van der Waals surface area contributed by atoms with Gasteiger partial charge in [-0.25, -0.2) is 0 Å². The number of likely N-dealkylation sites (tertiary alicyclic amines) is 1. The Bertz CT molecular complexity index is 423. The van der Waals surface area contributed by atoms with Crippen LogP contribution in [-0.4, -0.2) is 41.8 Å².